The minimum absolute atomic E-state index is 0.356. The molecule has 1 heterocycles. The molecule has 1 aromatic carbocycles. The topological polar surface area (TPSA) is 76.1 Å². The molecule has 9 heteroatoms. The molecule has 1 N–H and O–H groups in total. The highest BCUT2D eigenvalue weighted by molar-refractivity contribution is 7.83. The van der Waals surface area contributed by atoms with E-state index in [1.54, 1.807) is 18.2 Å². The lowest BCUT2D eigenvalue weighted by molar-refractivity contribution is -0.176. The van der Waals surface area contributed by atoms with Gasteiger partial charge in [-0.3, -0.25) is 4.55 Å². The van der Waals surface area contributed by atoms with E-state index in [0.717, 1.165) is 17.1 Å². The second kappa shape index (κ2) is 6.15. The first-order valence-electron chi connectivity index (χ1n) is 7.23. The molecule has 1 aliphatic carbocycles. The van der Waals surface area contributed by atoms with Gasteiger partial charge in [0.15, 0.2) is 12.0 Å². The molecule has 1 saturated heterocycles. The summed E-state index contributed by atoms with van der Waals surface area (Å²) in [5.41, 5.74) is 0.570. The van der Waals surface area contributed by atoms with Crippen molar-refractivity contribution in [3.63, 3.8) is 0 Å². The Morgan fingerprint density at radius 1 is 1.26 bits per heavy atom. The Bertz CT molecular complexity index is 705. The first-order chi connectivity index (χ1) is 10.7. The summed E-state index contributed by atoms with van der Waals surface area (Å²) in [5, 5.41) is 0.822. The molecule has 6 nitrogen and oxygen atoms in total. The zero-order valence-corrected chi connectivity index (χ0v) is 14.7. The van der Waals surface area contributed by atoms with Gasteiger partial charge < -0.3 is 9.47 Å². The van der Waals surface area contributed by atoms with E-state index < -0.39 is 28.4 Å². The number of ether oxygens (including phenoxy) is 2. The van der Waals surface area contributed by atoms with E-state index in [9.17, 15) is 13.0 Å². The summed E-state index contributed by atoms with van der Waals surface area (Å²) in [6.07, 6.45) is 1.47. The summed E-state index contributed by atoms with van der Waals surface area (Å²) in [6.45, 7) is 0. The van der Waals surface area contributed by atoms with Crippen LogP contribution >= 0.6 is 23.2 Å². The van der Waals surface area contributed by atoms with Crippen molar-refractivity contribution in [1.82, 2.24) is 4.31 Å². The fraction of sp³-hybridized carbons (Fsp3) is 0.571. The Morgan fingerprint density at radius 3 is 2.48 bits per heavy atom. The van der Waals surface area contributed by atoms with Crippen molar-refractivity contribution >= 4 is 33.5 Å². The van der Waals surface area contributed by atoms with Crippen molar-refractivity contribution in [3.05, 3.63) is 33.8 Å². The van der Waals surface area contributed by atoms with E-state index in [1.165, 1.54) is 7.05 Å². The van der Waals surface area contributed by atoms with Crippen LogP contribution in [0.1, 0.15) is 37.4 Å². The highest BCUT2D eigenvalue weighted by atomic mass is 35.5. The summed E-state index contributed by atoms with van der Waals surface area (Å²) in [7, 11) is -3.19. The van der Waals surface area contributed by atoms with Gasteiger partial charge >= 0.3 is 10.3 Å². The van der Waals surface area contributed by atoms with Crippen molar-refractivity contribution in [3.8, 4) is 0 Å². The van der Waals surface area contributed by atoms with Gasteiger partial charge in [0.05, 0.1) is 0 Å². The second-order valence-electron chi connectivity index (χ2n) is 5.82. The van der Waals surface area contributed by atoms with Gasteiger partial charge in [-0.15, -0.1) is 0 Å². The maximum Gasteiger partial charge on any atom is 0.337 e. The van der Waals surface area contributed by atoms with E-state index in [-0.39, 0.29) is 0 Å². The van der Waals surface area contributed by atoms with Crippen LogP contribution in [0, 0.1) is 0 Å². The van der Waals surface area contributed by atoms with Crippen LogP contribution in [0.5, 0.6) is 0 Å². The maximum absolute atomic E-state index is 11.5. The van der Waals surface area contributed by atoms with Gasteiger partial charge in [0.1, 0.15) is 6.10 Å². The Morgan fingerprint density at radius 2 is 1.91 bits per heavy atom. The first-order valence-corrected chi connectivity index (χ1v) is 9.38. The zero-order chi connectivity index (χ0) is 16.8. The molecule has 2 aliphatic rings. The molecule has 0 radical (unpaired) electrons. The third-order valence-electron chi connectivity index (χ3n) is 4.29. The standard InChI is InChI=1S/C14H17Cl2NO5S/c1-17(23(18,19)20)13-12(10-5-4-9(15)8-11(10)16)21-14(22-13)6-2-3-7-14/h4-5,8,12-13H,2-3,6-7H2,1H3,(H,18,19,20). The molecular formula is C14H17Cl2NO5S. The third kappa shape index (κ3) is 3.37. The Kier molecular flexibility index (Phi) is 4.65. The predicted octanol–water partition coefficient (Wildman–Crippen LogP) is 3.41. The largest absolute Gasteiger partial charge is 0.338 e. The number of rotatable bonds is 3. The SMILES string of the molecule is CN(C1OC2(CCCC2)OC1c1ccc(Cl)cc1Cl)S(=O)(=O)O. The summed E-state index contributed by atoms with van der Waals surface area (Å²) >= 11 is 12.2. The van der Waals surface area contributed by atoms with E-state index >= 15 is 0 Å². The van der Waals surface area contributed by atoms with Gasteiger partial charge in [0, 0.05) is 35.5 Å². The lowest BCUT2D eigenvalue weighted by Gasteiger charge is -2.25. The monoisotopic (exact) mass is 381 g/mol. The average molecular weight is 382 g/mol. The van der Waals surface area contributed by atoms with Gasteiger partial charge in [-0.05, 0) is 25.0 Å². The fourth-order valence-corrected chi connectivity index (χ4v) is 4.03. The second-order valence-corrected chi connectivity index (χ2v) is 8.14. The van der Waals surface area contributed by atoms with E-state index in [1.807, 2.05) is 0 Å². The highest BCUT2D eigenvalue weighted by Crippen LogP contribution is 2.49. The zero-order valence-electron chi connectivity index (χ0n) is 12.4. The fourth-order valence-electron chi connectivity index (χ4n) is 3.09. The molecule has 3 rings (SSSR count). The van der Waals surface area contributed by atoms with Gasteiger partial charge in [0.2, 0.25) is 0 Å². The molecule has 0 bridgehead atoms. The van der Waals surface area contributed by atoms with Crippen molar-refractivity contribution in [2.75, 3.05) is 7.05 Å². The molecule has 1 saturated carbocycles. The molecule has 128 valence electrons. The minimum atomic E-state index is -4.44. The number of benzene rings is 1. The van der Waals surface area contributed by atoms with Gasteiger partial charge in [0.25, 0.3) is 0 Å². The minimum Gasteiger partial charge on any atom is -0.338 e. The smallest absolute Gasteiger partial charge is 0.337 e. The van der Waals surface area contributed by atoms with Gasteiger partial charge in [-0.25, -0.2) is 0 Å². The summed E-state index contributed by atoms with van der Waals surface area (Å²) in [4.78, 5) is 0. The van der Waals surface area contributed by atoms with Crippen LogP contribution in [0.3, 0.4) is 0 Å². The molecule has 0 aromatic heterocycles. The molecule has 1 aliphatic heterocycles. The normalized spacial score (nSPS) is 27.2. The third-order valence-corrected chi connectivity index (χ3v) is 5.79. The van der Waals surface area contributed by atoms with Crippen LogP contribution in [0.15, 0.2) is 18.2 Å². The van der Waals surface area contributed by atoms with Crippen molar-refractivity contribution in [1.29, 1.82) is 0 Å². The van der Waals surface area contributed by atoms with Crippen molar-refractivity contribution in [2.24, 2.45) is 0 Å². The molecule has 0 amide bonds. The van der Waals surface area contributed by atoms with Gasteiger partial charge in [-0.1, -0.05) is 29.3 Å². The lowest BCUT2D eigenvalue weighted by Crippen LogP contribution is -2.40. The lowest BCUT2D eigenvalue weighted by atomic mass is 10.1. The van der Waals surface area contributed by atoms with Crippen LogP contribution in [-0.2, 0) is 19.8 Å². The Labute approximate surface area is 145 Å². The summed E-state index contributed by atoms with van der Waals surface area (Å²) in [5.74, 6) is -0.836. The van der Waals surface area contributed by atoms with E-state index in [4.69, 9.17) is 32.7 Å². The molecule has 23 heavy (non-hydrogen) atoms. The van der Waals surface area contributed by atoms with Crippen LogP contribution in [0.25, 0.3) is 0 Å². The Hall–Kier alpha value is -0.410. The molecular weight excluding hydrogens is 365 g/mol. The molecule has 1 spiro atoms. The number of hydrogen-bond acceptors (Lipinski definition) is 4. The van der Waals surface area contributed by atoms with Crippen LogP contribution in [0.4, 0.5) is 0 Å². The van der Waals surface area contributed by atoms with Crippen LogP contribution < -0.4 is 0 Å². The number of likely N-dealkylation sites (N-methyl/N-ethyl adjacent to an activating group) is 1. The number of hydrogen-bond donors (Lipinski definition) is 1. The quantitative estimate of drug-likeness (QED) is 0.811. The Balaban J connectivity index is 2.00. The molecule has 2 unspecified atom stereocenters. The average Bonchev–Trinajstić information content (AvgIpc) is 3.05. The highest BCUT2D eigenvalue weighted by Gasteiger charge is 2.53. The predicted molar refractivity (Wildman–Crippen MR) is 85.7 cm³/mol. The molecule has 1 aromatic rings. The summed E-state index contributed by atoms with van der Waals surface area (Å²) < 4.78 is 45.2. The molecule has 2 fully saturated rings. The molecule has 2 atom stereocenters. The maximum atomic E-state index is 11.5. The van der Waals surface area contributed by atoms with Crippen LogP contribution in [-0.4, -0.2) is 36.3 Å². The first kappa shape index (κ1) is 17.4. The van der Waals surface area contributed by atoms with Crippen molar-refractivity contribution in [2.45, 2.75) is 43.8 Å². The van der Waals surface area contributed by atoms with Gasteiger partial charge in [-0.2, -0.15) is 12.7 Å². The van der Waals surface area contributed by atoms with E-state index in [0.29, 0.717) is 28.5 Å². The van der Waals surface area contributed by atoms with E-state index in [2.05, 4.69) is 0 Å². The number of halogens is 2. The van der Waals surface area contributed by atoms with Crippen LogP contribution in [0.2, 0.25) is 10.0 Å². The number of nitrogens with zero attached hydrogens (tertiary/aromatic N) is 1. The van der Waals surface area contributed by atoms with Crippen molar-refractivity contribution < 1.29 is 22.4 Å². The summed E-state index contributed by atoms with van der Waals surface area (Å²) in [6, 6.07) is 4.89.